The van der Waals surface area contributed by atoms with Crippen LogP contribution in [0.25, 0.3) is 11.0 Å². The lowest BCUT2D eigenvalue weighted by atomic mass is 9.86. The van der Waals surface area contributed by atoms with Crippen molar-refractivity contribution in [1.82, 2.24) is 15.0 Å². The second-order valence-electron chi connectivity index (χ2n) is 9.82. The van der Waals surface area contributed by atoms with Crippen LogP contribution in [0.1, 0.15) is 49.3 Å². The van der Waals surface area contributed by atoms with Gasteiger partial charge < -0.3 is 15.2 Å². The Labute approximate surface area is 232 Å². The average Bonchev–Trinajstić information content (AvgIpc) is 2.99. The molecule has 5 aromatic rings. The van der Waals surface area contributed by atoms with Gasteiger partial charge in [-0.2, -0.15) is 0 Å². The second-order valence-corrected chi connectivity index (χ2v) is 10.9. The van der Waals surface area contributed by atoms with Crippen LogP contribution < -0.4 is 10.1 Å². The van der Waals surface area contributed by atoms with E-state index in [-0.39, 0.29) is 5.75 Å². The Balaban J connectivity index is 1.31. The van der Waals surface area contributed by atoms with Crippen molar-refractivity contribution in [2.45, 2.75) is 54.4 Å². The summed E-state index contributed by atoms with van der Waals surface area (Å²) < 4.78 is 6.13. The number of benzene rings is 3. The second kappa shape index (κ2) is 11.7. The van der Waals surface area contributed by atoms with Crippen LogP contribution in [-0.2, 0) is 6.61 Å². The molecule has 0 saturated heterocycles. The van der Waals surface area contributed by atoms with Crippen molar-refractivity contribution in [2.24, 2.45) is 0 Å². The summed E-state index contributed by atoms with van der Waals surface area (Å²) in [6.07, 6.45) is 7.82. The van der Waals surface area contributed by atoms with E-state index in [2.05, 4.69) is 39.6 Å². The van der Waals surface area contributed by atoms with E-state index in [4.69, 9.17) is 9.72 Å². The van der Waals surface area contributed by atoms with Crippen LogP contribution >= 0.6 is 11.8 Å². The molecule has 0 aliphatic heterocycles. The third-order valence-corrected chi connectivity index (χ3v) is 8.14. The fourth-order valence-electron chi connectivity index (χ4n) is 4.98. The Hall–Kier alpha value is -4.10. The fourth-order valence-corrected chi connectivity index (χ4v) is 5.86. The van der Waals surface area contributed by atoms with Gasteiger partial charge in [-0.15, -0.1) is 0 Å². The maximum atomic E-state index is 9.71. The first kappa shape index (κ1) is 25.2. The zero-order valence-corrected chi connectivity index (χ0v) is 22.4. The molecular formula is C32H30N4O2S. The van der Waals surface area contributed by atoms with Gasteiger partial charge >= 0.3 is 0 Å². The molecule has 0 amide bonds. The average molecular weight is 535 g/mol. The number of rotatable bonds is 8. The van der Waals surface area contributed by atoms with Crippen LogP contribution in [0, 0.1) is 0 Å². The number of pyridine rings is 1. The fraction of sp³-hybridized carbons (Fsp3) is 0.219. The molecule has 0 unspecified atom stereocenters. The molecule has 2 N–H and O–H groups in total. The van der Waals surface area contributed by atoms with Crippen molar-refractivity contribution in [3.05, 3.63) is 103 Å². The number of anilines is 2. The topological polar surface area (TPSA) is 80.2 Å². The van der Waals surface area contributed by atoms with Crippen LogP contribution in [0.4, 0.5) is 11.5 Å². The van der Waals surface area contributed by atoms with E-state index in [0.29, 0.717) is 24.0 Å². The minimum atomic E-state index is 0.245. The van der Waals surface area contributed by atoms with Crippen LogP contribution in [-0.4, -0.2) is 20.1 Å². The van der Waals surface area contributed by atoms with Gasteiger partial charge in [0.05, 0.1) is 11.1 Å². The van der Waals surface area contributed by atoms with Crippen molar-refractivity contribution >= 4 is 34.3 Å². The third-order valence-electron chi connectivity index (χ3n) is 7.06. The largest absolute Gasteiger partial charge is 0.508 e. The standard InChI is InChI=1S/C32H30N4O2S/c37-24-11-14-26(15-12-24)39-30-18-13-25(38-20-22-7-3-1-4-8-22)19-29(30)36-32-27-16-17-28(23-9-5-2-6-10-23)35-31(27)33-21-34-32/h1,3-4,7-8,11-19,21,23,37H,2,5-6,9-10,20H2,(H,33,34,35,36). The summed E-state index contributed by atoms with van der Waals surface area (Å²) in [5.74, 6) is 2.22. The first-order valence-corrected chi connectivity index (χ1v) is 14.2. The highest BCUT2D eigenvalue weighted by Crippen LogP contribution is 2.39. The van der Waals surface area contributed by atoms with Gasteiger partial charge in [0, 0.05) is 27.5 Å². The SMILES string of the molecule is Oc1ccc(Sc2ccc(OCc3ccccc3)cc2Nc2ncnc3nc(C4CCCCC4)ccc23)cc1. The minimum absolute atomic E-state index is 0.245. The predicted molar refractivity (Wildman–Crippen MR) is 156 cm³/mol. The summed E-state index contributed by atoms with van der Waals surface area (Å²) in [4.78, 5) is 16.0. The Morgan fingerprint density at radius 3 is 2.51 bits per heavy atom. The molecule has 1 aliphatic rings. The zero-order chi connectivity index (χ0) is 26.4. The van der Waals surface area contributed by atoms with Crippen LogP contribution in [0.5, 0.6) is 11.5 Å². The van der Waals surface area contributed by atoms with E-state index in [9.17, 15) is 5.11 Å². The Morgan fingerprint density at radius 2 is 1.69 bits per heavy atom. The molecule has 39 heavy (non-hydrogen) atoms. The highest BCUT2D eigenvalue weighted by atomic mass is 32.2. The number of ether oxygens (including phenoxy) is 1. The highest BCUT2D eigenvalue weighted by molar-refractivity contribution is 7.99. The molecule has 1 saturated carbocycles. The number of phenolic OH excluding ortho intramolecular Hbond substituents is 1. The number of aromatic hydroxyl groups is 1. The number of nitrogens with one attached hydrogen (secondary N) is 1. The lowest BCUT2D eigenvalue weighted by molar-refractivity contribution is 0.306. The summed E-state index contributed by atoms with van der Waals surface area (Å²) in [6.45, 7) is 0.481. The monoisotopic (exact) mass is 534 g/mol. The van der Waals surface area contributed by atoms with Crippen molar-refractivity contribution in [2.75, 3.05) is 5.32 Å². The zero-order valence-electron chi connectivity index (χ0n) is 21.6. The van der Waals surface area contributed by atoms with Crippen molar-refractivity contribution in [1.29, 1.82) is 0 Å². The summed E-state index contributed by atoms with van der Waals surface area (Å²) in [5, 5.41) is 14.1. The molecule has 0 atom stereocenters. The quantitative estimate of drug-likeness (QED) is 0.207. The molecule has 0 spiro atoms. The maximum absolute atomic E-state index is 9.71. The molecule has 3 aromatic carbocycles. The molecule has 1 fully saturated rings. The molecule has 6 nitrogen and oxygen atoms in total. The molecule has 196 valence electrons. The highest BCUT2D eigenvalue weighted by Gasteiger charge is 2.18. The lowest BCUT2D eigenvalue weighted by Gasteiger charge is -2.21. The molecule has 1 aliphatic carbocycles. The van der Waals surface area contributed by atoms with E-state index in [1.807, 2.05) is 48.5 Å². The summed E-state index contributed by atoms with van der Waals surface area (Å²) in [5.41, 5.74) is 3.82. The maximum Gasteiger partial charge on any atom is 0.164 e. The molecule has 2 heterocycles. The van der Waals surface area contributed by atoms with Gasteiger partial charge in [0.25, 0.3) is 0 Å². The van der Waals surface area contributed by atoms with Gasteiger partial charge in [-0.1, -0.05) is 61.4 Å². The summed E-state index contributed by atoms with van der Waals surface area (Å²) in [7, 11) is 0. The van der Waals surface area contributed by atoms with E-state index < -0.39 is 0 Å². The van der Waals surface area contributed by atoms with Gasteiger partial charge in [0.2, 0.25) is 0 Å². The van der Waals surface area contributed by atoms with Crippen molar-refractivity contribution in [3.63, 3.8) is 0 Å². The molecule has 0 radical (unpaired) electrons. The van der Waals surface area contributed by atoms with E-state index in [1.165, 1.54) is 32.1 Å². The van der Waals surface area contributed by atoms with Gasteiger partial charge in [-0.25, -0.2) is 15.0 Å². The number of hydrogen-bond donors (Lipinski definition) is 2. The predicted octanol–water partition coefficient (Wildman–Crippen LogP) is 8.25. The Morgan fingerprint density at radius 1 is 0.872 bits per heavy atom. The van der Waals surface area contributed by atoms with E-state index in [0.717, 1.165) is 37.9 Å². The van der Waals surface area contributed by atoms with Gasteiger partial charge in [0.15, 0.2) is 5.65 Å². The summed E-state index contributed by atoms with van der Waals surface area (Å²) in [6, 6.07) is 27.6. The van der Waals surface area contributed by atoms with Gasteiger partial charge in [-0.05, 0) is 66.9 Å². The van der Waals surface area contributed by atoms with Gasteiger partial charge in [0.1, 0.15) is 30.3 Å². The van der Waals surface area contributed by atoms with Gasteiger partial charge in [-0.3, -0.25) is 0 Å². The minimum Gasteiger partial charge on any atom is -0.508 e. The number of phenols is 1. The smallest absolute Gasteiger partial charge is 0.164 e. The van der Waals surface area contributed by atoms with Crippen LogP contribution in [0.2, 0.25) is 0 Å². The number of hydrogen-bond acceptors (Lipinski definition) is 7. The molecule has 7 heteroatoms. The third kappa shape index (κ3) is 6.15. The van der Waals surface area contributed by atoms with Crippen LogP contribution in [0.3, 0.4) is 0 Å². The molecule has 2 aromatic heterocycles. The van der Waals surface area contributed by atoms with E-state index >= 15 is 0 Å². The van der Waals surface area contributed by atoms with E-state index in [1.54, 1.807) is 30.2 Å². The molecule has 0 bridgehead atoms. The molecule has 6 rings (SSSR count). The number of nitrogens with zero attached hydrogens (tertiary/aromatic N) is 3. The summed E-state index contributed by atoms with van der Waals surface area (Å²) >= 11 is 1.60. The first-order chi connectivity index (χ1) is 19.2. The number of aromatic nitrogens is 3. The van der Waals surface area contributed by atoms with Crippen molar-refractivity contribution in [3.8, 4) is 11.5 Å². The first-order valence-electron chi connectivity index (χ1n) is 13.4. The number of fused-ring (bicyclic) bond motifs is 1. The lowest BCUT2D eigenvalue weighted by Crippen LogP contribution is -2.07. The van der Waals surface area contributed by atoms with Crippen LogP contribution in [0.15, 0.2) is 101 Å². The molecular weight excluding hydrogens is 504 g/mol. The Bertz CT molecular complexity index is 1550. The Kier molecular flexibility index (Phi) is 7.59. The van der Waals surface area contributed by atoms with Crippen molar-refractivity contribution < 1.29 is 9.84 Å². The normalized spacial score (nSPS) is 13.8.